The predicted octanol–water partition coefficient (Wildman–Crippen LogP) is 14.7. The summed E-state index contributed by atoms with van der Waals surface area (Å²) in [6.45, 7) is 0. The van der Waals surface area contributed by atoms with Gasteiger partial charge in [0.05, 0.1) is 33.4 Å². The number of rotatable bonds is 2. The van der Waals surface area contributed by atoms with Crippen LogP contribution in [-0.2, 0) is 0 Å². The number of nitrogens with zero attached hydrogens (tertiary/aromatic N) is 2. The van der Waals surface area contributed by atoms with E-state index in [4.69, 9.17) is 0 Å². The van der Waals surface area contributed by atoms with Gasteiger partial charge in [0, 0.05) is 38.1 Å². The molecule has 0 aliphatic carbocycles. The van der Waals surface area contributed by atoms with Crippen LogP contribution in [0.5, 0.6) is 0 Å². The van der Waals surface area contributed by atoms with E-state index in [0.717, 1.165) is 0 Å². The Kier molecular flexibility index (Phi) is 5.92. The zero-order valence-electron chi connectivity index (χ0n) is 30.4. The van der Waals surface area contributed by atoms with Crippen molar-refractivity contribution < 1.29 is 0 Å². The molecule has 2 aromatic heterocycles. The highest BCUT2D eigenvalue weighted by atomic mass is 15.0. The molecule has 0 unspecified atom stereocenters. The lowest BCUT2D eigenvalue weighted by Crippen LogP contribution is -1.96. The topological polar surface area (TPSA) is 9.86 Å². The molecule has 0 N–H and O–H groups in total. The lowest BCUT2D eigenvalue weighted by molar-refractivity contribution is 1.19. The second-order valence-electron chi connectivity index (χ2n) is 15.3. The summed E-state index contributed by atoms with van der Waals surface area (Å²) in [5, 5.41) is 12.6. The highest BCUT2D eigenvalue weighted by Crippen LogP contribution is 2.48. The highest BCUT2D eigenvalue weighted by Gasteiger charge is 2.25. The molecule has 258 valence electrons. The van der Waals surface area contributed by atoms with Crippen molar-refractivity contribution in [2.24, 2.45) is 0 Å². The number of hydrogen-bond donors (Lipinski definition) is 0. The van der Waals surface area contributed by atoms with Crippen molar-refractivity contribution in [2.75, 3.05) is 0 Å². The lowest BCUT2D eigenvalue weighted by Gasteiger charge is -2.14. The van der Waals surface area contributed by atoms with Gasteiger partial charge in [0.2, 0.25) is 0 Å². The third kappa shape index (κ3) is 4.00. The zero-order valence-corrected chi connectivity index (χ0v) is 30.4. The van der Waals surface area contributed by atoms with E-state index < -0.39 is 0 Å². The summed E-state index contributed by atoms with van der Waals surface area (Å²) >= 11 is 0. The van der Waals surface area contributed by atoms with E-state index in [1.54, 1.807) is 0 Å². The summed E-state index contributed by atoms with van der Waals surface area (Å²) < 4.78 is 4.98. The van der Waals surface area contributed by atoms with Crippen LogP contribution in [0.15, 0.2) is 194 Å². The average Bonchev–Trinajstić information content (AvgIpc) is 3.74. The Morgan fingerprint density at radius 3 is 1.57 bits per heavy atom. The van der Waals surface area contributed by atoms with Gasteiger partial charge in [0.1, 0.15) is 0 Å². The molecule has 10 aromatic carbocycles. The molecule has 0 radical (unpaired) electrons. The van der Waals surface area contributed by atoms with Crippen molar-refractivity contribution in [1.29, 1.82) is 0 Å². The monoisotopic (exact) mass is 708 g/mol. The molecule has 3 heterocycles. The molecular weight excluding hydrogens is 677 g/mol. The van der Waals surface area contributed by atoms with Crippen molar-refractivity contribution in [3.05, 3.63) is 194 Å². The van der Waals surface area contributed by atoms with Gasteiger partial charge in [-0.15, -0.1) is 0 Å². The van der Waals surface area contributed by atoms with Gasteiger partial charge >= 0.3 is 0 Å². The first-order valence-electron chi connectivity index (χ1n) is 19.4. The summed E-state index contributed by atoms with van der Waals surface area (Å²) in [6.07, 6.45) is 0. The first-order chi connectivity index (χ1) is 27.8. The van der Waals surface area contributed by atoms with Crippen molar-refractivity contribution in [1.82, 2.24) is 9.13 Å². The van der Waals surface area contributed by atoms with E-state index in [2.05, 4.69) is 203 Å². The van der Waals surface area contributed by atoms with Crippen LogP contribution < -0.4 is 0 Å². The second kappa shape index (κ2) is 11.1. The predicted molar refractivity (Wildman–Crippen MR) is 238 cm³/mol. The maximum Gasteiger partial charge on any atom is 0.0619 e. The Labute approximate surface area is 322 Å². The standard InChI is InChI=1S/C54H32N2/c1-2-13-34-29-46-43-20-11-21-44-48-31-36(25-27-52(48)56(54(43)44)50-23-10-7-18-41(50)45(46)28-33(34)12-1)35-24-26-51-47(30-35)42-19-8-9-22-49(42)55(51)53-32-37-14-3-4-15-38(37)39-16-5-6-17-40(39)53/h1-32H. The Balaban J connectivity index is 1.05. The van der Waals surface area contributed by atoms with Crippen LogP contribution in [0.3, 0.4) is 0 Å². The molecule has 0 saturated heterocycles. The quantitative estimate of drug-likeness (QED) is 0.158. The fourth-order valence-corrected chi connectivity index (χ4v) is 9.93. The van der Waals surface area contributed by atoms with Gasteiger partial charge in [-0.2, -0.15) is 0 Å². The lowest BCUT2D eigenvalue weighted by atomic mass is 9.91. The minimum atomic E-state index is 1.21. The second-order valence-corrected chi connectivity index (χ2v) is 15.3. The maximum atomic E-state index is 2.51. The third-order valence-electron chi connectivity index (χ3n) is 12.4. The van der Waals surface area contributed by atoms with Crippen molar-refractivity contribution in [3.8, 4) is 44.8 Å². The van der Waals surface area contributed by atoms with Gasteiger partial charge in [-0.25, -0.2) is 0 Å². The van der Waals surface area contributed by atoms with Crippen LogP contribution in [-0.4, -0.2) is 9.13 Å². The Bertz CT molecular complexity index is 3650. The van der Waals surface area contributed by atoms with Gasteiger partial charge in [-0.1, -0.05) is 140 Å². The van der Waals surface area contributed by atoms with E-state index >= 15 is 0 Å². The summed E-state index contributed by atoms with van der Waals surface area (Å²) in [5.41, 5.74) is 14.9. The molecule has 2 heteroatoms. The van der Waals surface area contributed by atoms with Gasteiger partial charge in [-0.3, -0.25) is 0 Å². The van der Waals surface area contributed by atoms with Gasteiger partial charge in [-0.05, 0) is 104 Å². The SMILES string of the molecule is c1ccc2c(c1)-c1cc3ccccc3cc1-c1cccc3c4cc(-c5ccc6c(c5)c5ccccc5n6-c5cc6ccccc6c6ccccc56)ccc4n-2c13. The molecule has 12 aromatic rings. The first kappa shape index (κ1) is 30.0. The fraction of sp³-hybridized carbons (Fsp3) is 0. The van der Waals surface area contributed by atoms with Crippen LogP contribution in [0.1, 0.15) is 0 Å². The third-order valence-corrected chi connectivity index (χ3v) is 12.4. The van der Waals surface area contributed by atoms with Crippen LogP contribution in [0.2, 0.25) is 0 Å². The van der Waals surface area contributed by atoms with Crippen LogP contribution in [0, 0.1) is 0 Å². The first-order valence-corrected chi connectivity index (χ1v) is 19.4. The van der Waals surface area contributed by atoms with Gasteiger partial charge in [0.25, 0.3) is 0 Å². The molecule has 13 rings (SSSR count). The van der Waals surface area contributed by atoms with Gasteiger partial charge < -0.3 is 9.13 Å². The van der Waals surface area contributed by atoms with E-state index in [0.29, 0.717) is 0 Å². The molecule has 2 nitrogen and oxygen atoms in total. The Morgan fingerprint density at radius 1 is 0.250 bits per heavy atom. The molecule has 1 aliphatic heterocycles. The molecule has 0 atom stereocenters. The fourth-order valence-electron chi connectivity index (χ4n) is 9.93. The Hall–Kier alpha value is -7.42. The molecule has 56 heavy (non-hydrogen) atoms. The summed E-state index contributed by atoms with van der Waals surface area (Å²) in [6, 6.07) is 72.2. The molecule has 0 spiro atoms. The smallest absolute Gasteiger partial charge is 0.0619 e. The van der Waals surface area contributed by atoms with E-state index in [1.165, 1.54) is 121 Å². The van der Waals surface area contributed by atoms with Gasteiger partial charge in [0.15, 0.2) is 0 Å². The largest absolute Gasteiger partial charge is 0.309 e. The summed E-state index contributed by atoms with van der Waals surface area (Å²) in [7, 11) is 0. The minimum Gasteiger partial charge on any atom is -0.309 e. The summed E-state index contributed by atoms with van der Waals surface area (Å²) in [4.78, 5) is 0. The number of para-hydroxylation sites is 3. The average molecular weight is 709 g/mol. The zero-order chi connectivity index (χ0) is 36.5. The van der Waals surface area contributed by atoms with Crippen molar-refractivity contribution in [2.45, 2.75) is 0 Å². The van der Waals surface area contributed by atoms with Crippen molar-refractivity contribution in [3.63, 3.8) is 0 Å². The number of fused-ring (bicyclic) bond motifs is 15. The van der Waals surface area contributed by atoms with Crippen molar-refractivity contribution >= 4 is 75.9 Å². The van der Waals surface area contributed by atoms with Crippen LogP contribution >= 0.6 is 0 Å². The minimum absolute atomic E-state index is 1.21. The molecule has 0 bridgehead atoms. The molecule has 0 fully saturated rings. The Morgan fingerprint density at radius 2 is 0.786 bits per heavy atom. The van der Waals surface area contributed by atoms with E-state index in [1.807, 2.05) is 0 Å². The van der Waals surface area contributed by atoms with E-state index in [-0.39, 0.29) is 0 Å². The number of benzene rings is 10. The van der Waals surface area contributed by atoms with Crippen LogP contribution in [0.25, 0.3) is 121 Å². The summed E-state index contributed by atoms with van der Waals surface area (Å²) in [5.74, 6) is 0. The number of aromatic nitrogens is 2. The van der Waals surface area contributed by atoms with Crippen LogP contribution in [0.4, 0.5) is 0 Å². The normalized spacial score (nSPS) is 12.3. The number of hydrogen-bond acceptors (Lipinski definition) is 0. The maximum absolute atomic E-state index is 2.51. The molecule has 0 saturated carbocycles. The van der Waals surface area contributed by atoms with E-state index in [9.17, 15) is 0 Å². The highest BCUT2D eigenvalue weighted by molar-refractivity contribution is 6.19. The molecular formula is C54H32N2. The molecule has 0 amide bonds. The molecule has 1 aliphatic rings.